The molecule has 3 aromatic rings. The lowest BCUT2D eigenvalue weighted by Gasteiger charge is -2.28. The summed E-state index contributed by atoms with van der Waals surface area (Å²) in [4.78, 5) is 0. The van der Waals surface area contributed by atoms with Gasteiger partial charge in [-0.25, -0.2) is 8.78 Å². The van der Waals surface area contributed by atoms with Crippen molar-refractivity contribution in [1.82, 2.24) is 0 Å². The maximum atomic E-state index is 15.1. The highest BCUT2D eigenvalue weighted by Crippen LogP contribution is 2.38. The topological polar surface area (TPSA) is 23.8 Å². The van der Waals surface area contributed by atoms with Crippen molar-refractivity contribution >= 4 is 10.8 Å². The smallest absolute Gasteiger partial charge is 0.141 e. The third-order valence-electron chi connectivity index (χ3n) is 6.79. The Kier molecular flexibility index (Phi) is 6.13. The molecule has 1 fully saturated rings. The predicted molar refractivity (Wildman–Crippen MR) is 117 cm³/mol. The van der Waals surface area contributed by atoms with Crippen LogP contribution >= 0.6 is 0 Å². The largest absolute Gasteiger partial charge is 0.206 e. The van der Waals surface area contributed by atoms with E-state index in [0.717, 1.165) is 16.9 Å². The van der Waals surface area contributed by atoms with Gasteiger partial charge in [0.15, 0.2) is 0 Å². The second-order valence-corrected chi connectivity index (χ2v) is 8.57. The van der Waals surface area contributed by atoms with Crippen LogP contribution < -0.4 is 0 Å². The molecule has 1 nitrogen and oxygen atoms in total. The van der Waals surface area contributed by atoms with Gasteiger partial charge in [-0.3, -0.25) is 0 Å². The molecule has 30 heavy (non-hydrogen) atoms. The summed E-state index contributed by atoms with van der Waals surface area (Å²) in [6, 6.07) is 16.5. The van der Waals surface area contributed by atoms with Crippen molar-refractivity contribution in [2.24, 2.45) is 5.92 Å². The number of hydrogen-bond acceptors (Lipinski definition) is 1. The summed E-state index contributed by atoms with van der Waals surface area (Å²) in [6.07, 6.45) is 7.34. The van der Waals surface area contributed by atoms with E-state index in [1.807, 2.05) is 24.3 Å². The lowest BCUT2D eigenvalue weighted by atomic mass is 9.77. The fourth-order valence-corrected chi connectivity index (χ4v) is 4.79. The van der Waals surface area contributed by atoms with E-state index in [1.165, 1.54) is 49.8 Å². The summed E-state index contributed by atoms with van der Waals surface area (Å²) < 4.78 is 28.9. The van der Waals surface area contributed by atoms with Crippen LogP contribution in [0.3, 0.4) is 0 Å². The van der Waals surface area contributed by atoms with Crippen molar-refractivity contribution in [2.45, 2.75) is 57.8 Å². The minimum Gasteiger partial charge on any atom is -0.206 e. The first-order chi connectivity index (χ1) is 14.6. The van der Waals surface area contributed by atoms with E-state index in [1.54, 1.807) is 6.07 Å². The molecule has 154 valence electrons. The molecule has 0 unspecified atom stereocenters. The van der Waals surface area contributed by atoms with Gasteiger partial charge < -0.3 is 0 Å². The Morgan fingerprint density at radius 3 is 2.43 bits per heavy atom. The molecule has 4 rings (SSSR count). The highest BCUT2D eigenvalue weighted by Gasteiger charge is 2.21. The number of aryl methyl sites for hydroxylation is 2. The van der Waals surface area contributed by atoms with Gasteiger partial charge in [0.05, 0.1) is 5.56 Å². The number of halogens is 2. The maximum absolute atomic E-state index is 15.1. The Labute approximate surface area is 177 Å². The third kappa shape index (κ3) is 4.24. The van der Waals surface area contributed by atoms with Crippen molar-refractivity contribution in [2.75, 3.05) is 0 Å². The first kappa shape index (κ1) is 20.5. The van der Waals surface area contributed by atoms with E-state index in [0.29, 0.717) is 29.7 Å². The number of nitriles is 1. The van der Waals surface area contributed by atoms with Gasteiger partial charge in [-0.05, 0) is 84.6 Å². The quantitative estimate of drug-likeness (QED) is 0.434. The molecule has 3 aromatic carbocycles. The monoisotopic (exact) mass is 403 g/mol. The molecule has 1 aliphatic carbocycles. The summed E-state index contributed by atoms with van der Waals surface area (Å²) in [6.45, 7) is 2.28. The number of fused-ring (bicyclic) bond motifs is 1. The fraction of sp³-hybridized carbons (Fsp3) is 0.370. The first-order valence-corrected chi connectivity index (χ1v) is 11.0. The highest BCUT2D eigenvalue weighted by atomic mass is 19.1. The van der Waals surface area contributed by atoms with Crippen molar-refractivity contribution < 1.29 is 8.78 Å². The zero-order valence-electron chi connectivity index (χ0n) is 17.4. The molecule has 1 aliphatic rings. The molecule has 3 heteroatoms. The van der Waals surface area contributed by atoms with Gasteiger partial charge in [-0.1, -0.05) is 49.7 Å². The molecule has 0 heterocycles. The van der Waals surface area contributed by atoms with Gasteiger partial charge in [-0.15, -0.1) is 0 Å². The van der Waals surface area contributed by atoms with Gasteiger partial charge in [0.1, 0.15) is 17.7 Å². The molecule has 0 N–H and O–H groups in total. The number of hydrogen-bond donors (Lipinski definition) is 0. The minimum atomic E-state index is -0.519. The van der Waals surface area contributed by atoms with Crippen LogP contribution in [0.15, 0.2) is 48.5 Å². The van der Waals surface area contributed by atoms with E-state index < -0.39 is 5.82 Å². The second-order valence-electron chi connectivity index (χ2n) is 8.57. The molecule has 0 aliphatic heterocycles. The van der Waals surface area contributed by atoms with Crippen LogP contribution in [0, 0.1) is 28.9 Å². The Bertz CT molecular complexity index is 1090. The van der Waals surface area contributed by atoms with Crippen LogP contribution in [0.1, 0.15) is 67.2 Å². The molecule has 0 atom stereocenters. The van der Waals surface area contributed by atoms with Gasteiger partial charge in [-0.2, -0.15) is 5.26 Å². The molecule has 0 saturated heterocycles. The van der Waals surface area contributed by atoms with Gasteiger partial charge >= 0.3 is 0 Å². The van der Waals surface area contributed by atoms with Crippen molar-refractivity contribution in [1.29, 1.82) is 5.26 Å². The molecular formula is C27H27F2N. The Morgan fingerprint density at radius 1 is 0.933 bits per heavy atom. The maximum Gasteiger partial charge on any atom is 0.141 e. The van der Waals surface area contributed by atoms with Crippen LogP contribution in [-0.4, -0.2) is 0 Å². The minimum absolute atomic E-state index is 0.0367. The Balaban J connectivity index is 1.50. The number of nitrogens with zero attached hydrogens (tertiary/aromatic N) is 1. The average molecular weight is 404 g/mol. The van der Waals surface area contributed by atoms with Crippen LogP contribution in [0.2, 0.25) is 0 Å². The van der Waals surface area contributed by atoms with Crippen LogP contribution in [0.4, 0.5) is 8.78 Å². The third-order valence-corrected chi connectivity index (χ3v) is 6.79. The molecule has 0 bridgehead atoms. The van der Waals surface area contributed by atoms with Crippen molar-refractivity contribution in [3.05, 3.63) is 82.4 Å². The number of benzene rings is 3. The summed E-state index contributed by atoms with van der Waals surface area (Å²) in [5.41, 5.74) is 2.78. The van der Waals surface area contributed by atoms with E-state index in [4.69, 9.17) is 5.26 Å². The summed E-state index contributed by atoms with van der Waals surface area (Å²) in [7, 11) is 0. The van der Waals surface area contributed by atoms with Gasteiger partial charge in [0.25, 0.3) is 0 Å². The molecule has 0 amide bonds. The SMILES string of the molecule is CCC1CCC(c2ccc3c(F)c(CCc4ccc(C#N)c(F)c4)ccc3c2)CC1. The zero-order chi connectivity index (χ0) is 21.1. The van der Waals surface area contributed by atoms with Crippen molar-refractivity contribution in [3.63, 3.8) is 0 Å². The molecule has 0 radical (unpaired) electrons. The molecule has 0 aromatic heterocycles. The first-order valence-electron chi connectivity index (χ1n) is 11.0. The zero-order valence-corrected chi connectivity index (χ0v) is 17.4. The molecule has 0 spiro atoms. The lowest BCUT2D eigenvalue weighted by molar-refractivity contribution is 0.319. The van der Waals surface area contributed by atoms with Crippen molar-refractivity contribution in [3.8, 4) is 6.07 Å². The lowest BCUT2D eigenvalue weighted by Crippen LogP contribution is -2.12. The van der Waals surface area contributed by atoms with Gasteiger partial charge in [0.2, 0.25) is 0 Å². The summed E-state index contributed by atoms with van der Waals surface area (Å²) in [5.74, 6) is 0.759. The van der Waals surface area contributed by atoms with Gasteiger partial charge in [0, 0.05) is 5.39 Å². The van der Waals surface area contributed by atoms with E-state index >= 15 is 4.39 Å². The molecular weight excluding hydrogens is 376 g/mol. The Hall–Kier alpha value is -2.73. The van der Waals surface area contributed by atoms with E-state index in [9.17, 15) is 4.39 Å². The second kappa shape index (κ2) is 8.96. The van der Waals surface area contributed by atoms with Crippen LogP contribution in [0.25, 0.3) is 10.8 Å². The highest BCUT2D eigenvalue weighted by molar-refractivity contribution is 5.84. The number of rotatable bonds is 5. The van der Waals surface area contributed by atoms with E-state index in [2.05, 4.69) is 19.1 Å². The fourth-order valence-electron chi connectivity index (χ4n) is 4.79. The van der Waals surface area contributed by atoms with E-state index in [-0.39, 0.29) is 11.4 Å². The standard InChI is InChI=1S/C27H27F2N/c1-2-18-3-7-20(8-4-18)22-13-14-25-23(16-22)12-11-21(27(25)29)9-5-19-6-10-24(17-30)26(28)15-19/h6,10-16,18,20H,2-5,7-9H2,1H3. The normalized spacial score (nSPS) is 19.0. The van der Waals surface area contributed by atoms with Crippen LogP contribution in [0.5, 0.6) is 0 Å². The molecule has 1 saturated carbocycles. The summed E-state index contributed by atoms with van der Waals surface area (Å²) >= 11 is 0. The van der Waals surface area contributed by atoms with Crippen LogP contribution in [-0.2, 0) is 12.8 Å². The Morgan fingerprint density at radius 2 is 1.73 bits per heavy atom. The summed E-state index contributed by atoms with van der Waals surface area (Å²) in [5, 5.41) is 10.5. The predicted octanol–water partition coefficient (Wildman–Crippen LogP) is 7.46. The average Bonchev–Trinajstić information content (AvgIpc) is 2.78.